The highest BCUT2D eigenvalue weighted by Gasteiger charge is 2.03. The molecule has 0 spiro atoms. The normalized spacial score (nSPS) is 11.3. The van der Waals surface area contributed by atoms with Gasteiger partial charge in [0.15, 0.2) is 0 Å². The summed E-state index contributed by atoms with van der Waals surface area (Å²) in [5, 5.41) is 18.5. The maximum absolute atomic E-state index is 10.2. The molecule has 0 bridgehead atoms. The zero-order valence-corrected chi connectivity index (χ0v) is 19.5. The third-order valence-corrected chi connectivity index (χ3v) is 5.52. The number of hydrogen-bond acceptors (Lipinski definition) is 4. The minimum absolute atomic E-state index is 0.0862. The van der Waals surface area contributed by atoms with E-state index in [1.807, 2.05) is 37.3 Å². The molecule has 2 rings (SSSR count). The molecule has 170 valence electrons. The van der Waals surface area contributed by atoms with Crippen molar-refractivity contribution in [2.75, 3.05) is 6.61 Å². The quantitative estimate of drug-likeness (QED) is 0.216. The predicted octanol–water partition coefficient (Wildman–Crippen LogP) is 9.20. The van der Waals surface area contributed by atoms with Gasteiger partial charge in [-0.25, -0.2) is 0 Å². The molecule has 0 fully saturated rings. The lowest BCUT2D eigenvalue weighted by Gasteiger charge is -2.07. The number of aryl methyl sites for hydroxylation is 1. The van der Waals surface area contributed by atoms with Crippen molar-refractivity contribution < 1.29 is 9.84 Å². The van der Waals surface area contributed by atoms with Crippen molar-refractivity contribution >= 4 is 11.4 Å². The SMILES string of the molecule is CCCCCCCCCCCCCCOc1ccc(N=Nc2ccc(C)cc2)c(O)c1. The second-order valence-electron chi connectivity index (χ2n) is 8.42. The Morgan fingerprint density at radius 1 is 0.710 bits per heavy atom. The van der Waals surface area contributed by atoms with Gasteiger partial charge in [-0.3, -0.25) is 0 Å². The molecular weight excluding hydrogens is 384 g/mol. The zero-order valence-electron chi connectivity index (χ0n) is 19.5. The van der Waals surface area contributed by atoms with Crippen molar-refractivity contribution in [2.45, 2.75) is 90.9 Å². The van der Waals surface area contributed by atoms with Crippen LogP contribution in [0.3, 0.4) is 0 Å². The Morgan fingerprint density at radius 3 is 1.87 bits per heavy atom. The number of azo groups is 1. The Morgan fingerprint density at radius 2 is 1.29 bits per heavy atom. The van der Waals surface area contributed by atoms with E-state index in [1.54, 1.807) is 12.1 Å². The molecule has 0 aliphatic carbocycles. The minimum Gasteiger partial charge on any atom is -0.505 e. The standard InChI is InChI=1S/C27H40N2O2/c1-3-4-5-6-7-8-9-10-11-12-13-14-21-31-25-19-20-26(27(30)22-25)29-28-24-17-15-23(2)16-18-24/h15-20,22,30H,3-14,21H2,1-2H3. The van der Waals surface area contributed by atoms with Gasteiger partial charge >= 0.3 is 0 Å². The number of aromatic hydroxyl groups is 1. The van der Waals surface area contributed by atoms with Crippen molar-refractivity contribution in [3.8, 4) is 11.5 Å². The third-order valence-electron chi connectivity index (χ3n) is 5.52. The van der Waals surface area contributed by atoms with Crippen LogP contribution in [-0.4, -0.2) is 11.7 Å². The molecule has 31 heavy (non-hydrogen) atoms. The van der Waals surface area contributed by atoms with Gasteiger partial charge in [-0.15, -0.1) is 5.11 Å². The van der Waals surface area contributed by atoms with Gasteiger partial charge in [0.05, 0.1) is 12.3 Å². The Hall–Kier alpha value is -2.36. The molecule has 0 atom stereocenters. The summed E-state index contributed by atoms with van der Waals surface area (Å²) in [7, 11) is 0. The number of phenols is 1. The van der Waals surface area contributed by atoms with E-state index in [9.17, 15) is 5.11 Å². The number of hydrogen-bond donors (Lipinski definition) is 1. The molecular formula is C27H40N2O2. The molecule has 0 aliphatic rings. The van der Waals surface area contributed by atoms with Crippen LogP contribution in [0, 0.1) is 6.92 Å². The summed E-state index contributed by atoms with van der Waals surface area (Å²) >= 11 is 0. The Bertz CT molecular complexity index is 756. The number of unbranched alkanes of at least 4 members (excludes halogenated alkanes) is 11. The maximum atomic E-state index is 10.2. The lowest BCUT2D eigenvalue weighted by atomic mass is 10.1. The van der Waals surface area contributed by atoms with Gasteiger partial charge in [0.25, 0.3) is 0 Å². The molecule has 0 saturated carbocycles. The third kappa shape index (κ3) is 11.0. The first-order valence-electron chi connectivity index (χ1n) is 12.1. The first kappa shape index (κ1) is 24.9. The van der Waals surface area contributed by atoms with Gasteiger partial charge < -0.3 is 9.84 Å². The molecule has 4 heteroatoms. The lowest BCUT2D eigenvalue weighted by Crippen LogP contribution is -1.97. The van der Waals surface area contributed by atoms with E-state index in [1.165, 1.54) is 76.2 Å². The number of benzene rings is 2. The van der Waals surface area contributed by atoms with Gasteiger partial charge in [-0.2, -0.15) is 5.11 Å². The highest BCUT2D eigenvalue weighted by molar-refractivity contribution is 5.54. The van der Waals surface area contributed by atoms with Crippen LogP contribution in [0.5, 0.6) is 11.5 Å². The summed E-state index contributed by atoms with van der Waals surface area (Å²) in [5.74, 6) is 0.762. The maximum Gasteiger partial charge on any atom is 0.146 e. The summed E-state index contributed by atoms with van der Waals surface area (Å²) in [4.78, 5) is 0. The van der Waals surface area contributed by atoms with E-state index in [-0.39, 0.29) is 5.75 Å². The number of rotatable bonds is 16. The van der Waals surface area contributed by atoms with E-state index in [2.05, 4.69) is 17.2 Å². The van der Waals surface area contributed by atoms with Crippen LogP contribution in [0.25, 0.3) is 0 Å². The molecule has 0 aliphatic heterocycles. The van der Waals surface area contributed by atoms with Crippen molar-refractivity contribution in [3.63, 3.8) is 0 Å². The Labute approximate surface area is 188 Å². The predicted molar refractivity (Wildman–Crippen MR) is 130 cm³/mol. The van der Waals surface area contributed by atoms with Crippen LogP contribution in [0.1, 0.15) is 89.5 Å². The van der Waals surface area contributed by atoms with E-state index in [0.717, 1.165) is 12.1 Å². The lowest BCUT2D eigenvalue weighted by molar-refractivity contribution is 0.302. The summed E-state index contributed by atoms with van der Waals surface area (Å²) in [6.45, 7) is 4.98. The number of phenolic OH excluding ortho intramolecular Hbond substituents is 1. The van der Waals surface area contributed by atoms with Crippen molar-refractivity contribution in [1.82, 2.24) is 0 Å². The highest BCUT2D eigenvalue weighted by atomic mass is 16.5. The molecule has 2 aromatic rings. The van der Waals surface area contributed by atoms with Crippen molar-refractivity contribution in [2.24, 2.45) is 10.2 Å². The fourth-order valence-corrected chi connectivity index (χ4v) is 3.53. The van der Waals surface area contributed by atoms with Crippen molar-refractivity contribution in [3.05, 3.63) is 48.0 Å². The second kappa shape index (κ2) is 15.4. The topological polar surface area (TPSA) is 54.2 Å². The molecule has 1 N–H and O–H groups in total. The van der Waals surface area contributed by atoms with Crippen LogP contribution in [0.15, 0.2) is 52.7 Å². The molecule has 0 saturated heterocycles. The molecule has 4 nitrogen and oxygen atoms in total. The van der Waals surface area contributed by atoms with E-state index < -0.39 is 0 Å². The Balaban J connectivity index is 1.54. The average Bonchev–Trinajstić information content (AvgIpc) is 2.77. The summed E-state index contributed by atoms with van der Waals surface area (Å²) in [5.41, 5.74) is 2.38. The molecule has 0 unspecified atom stereocenters. The fraction of sp³-hybridized carbons (Fsp3) is 0.556. The minimum atomic E-state index is 0.0862. The van der Waals surface area contributed by atoms with Gasteiger partial charge in [-0.05, 0) is 37.6 Å². The van der Waals surface area contributed by atoms with Crippen molar-refractivity contribution in [1.29, 1.82) is 0 Å². The van der Waals surface area contributed by atoms with Gasteiger partial charge in [0, 0.05) is 6.07 Å². The van der Waals surface area contributed by atoms with E-state index in [0.29, 0.717) is 18.0 Å². The first-order valence-corrected chi connectivity index (χ1v) is 12.1. The summed E-state index contributed by atoms with van der Waals surface area (Å²) in [6.07, 6.45) is 16.0. The molecule has 0 aromatic heterocycles. The van der Waals surface area contributed by atoms with Crippen LogP contribution in [-0.2, 0) is 0 Å². The van der Waals surface area contributed by atoms with Gasteiger partial charge in [-0.1, -0.05) is 95.2 Å². The van der Waals surface area contributed by atoms with E-state index in [4.69, 9.17) is 4.74 Å². The fourth-order valence-electron chi connectivity index (χ4n) is 3.53. The Kier molecular flexibility index (Phi) is 12.4. The summed E-state index contributed by atoms with van der Waals surface area (Å²) < 4.78 is 5.78. The molecule has 0 amide bonds. The van der Waals surface area contributed by atoms with Gasteiger partial charge in [0.2, 0.25) is 0 Å². The number of ether oxygens (including phenoxy) is 1. The molecule has 0 heterocycles. The van der Waals surface area contributed by atoms with Crippen LogP contribution in [0.4, 0.5) is 11.4 Å². The van der Waals surface area contributed by atoms with Crippen LogP contribution in [0.2, 0.25) is 0 Å². The first-order chi connectivity index (χ1) is 15.2. The van der Waals surface area contributed by atoms with Crippen LogP contribution < -0.4 is 4.74 Å². The van der Waals surface area contributed by atoms with Crippen LogP contribution >= 0.6 is 0 Å². The number of nitrogens with zero attached hydrogens (tertiary/aromatic N) is 2. The second-order valence-corrected chi connectivity index (χ2v) is 8.42. The highest BCUT2D eigenvalue weighted by Crippen LogP contribution is 2.32. The smallest absolute Gasteiger partial charge is 0.146 e. The zero-order chi connectivity index (χ0) is 22.2. The van der Waals surface area contributed by atoms with E-state index >= 15 is 0 Å². The summed E-state index contributed by atoms with van der Waals surface area (Å²) in [6, 6.07) is 13.0. The molecule has 2 aromatic carbocycles. The monoisotopic (exact) mass is 424 g/mol. The largest absolute Gasteiger partial charge is 0.505 e. The molecule has 0 radical (unpaired) electrons. The van der Waals surface area contributed by atoms with Gasteiger partial charge in [0.1, 0.15) is 17.2 Å². The average molecular weight is 425 g/mol.